The van der Waals surface area contributed by atoms with E-state index in [0.717, 1.165) is 6.04 Å². The van der Waals surface area contributed by atoms with E-state index in [9.17, 15) is 0 Å². The third-order valence-electron chi connectivity index (χ3n) is 5.86. The van der Waals surface area contributed by atoms with E-state index < -0.39 is 0 Å². The van der Waals surface area contributed by atoms with Crippen LogP contribution in [0.1, 0.15) is 57.1 Å². The first-order valence-electron chi connectivity index (χ1n) is 8.99. The third-order valence-corrected chi connectivity index (χ3v) is 6.60. The van der Waals surface area contributed by atoms with Gasteiger partial charge in [0, 0.05) is 18.1 Å². The van der Waals surface area contributed by atoms with E-state index in [-0.39, 0.29) is 0 Å². The maximum atomic E-state index is 6.22. The molecule has 0 radical (unpaired) electrons. The van der Waals surface area contributed by atoms with Gasteiger partial charge in [0.05, 0.1) is 10.0 Å². The van der Waals surface area contributed by atoms with Gasteiger partial charge in [0.25, 0.3) is 0 Å². The average molecular weight is 355 g/mol. The average Bonchev–Trinajstić information content (AvgIpc) is 3.10. The maximum absolute atomic E-state index is 6.22. The lowest BCUT2D eigenvalue weighted by Gasteiger charge is -2.44. The minimum Gasteiger partial charge on any atom is -0.299 e. The first-order chi connectivity index (χ1) is 11.1. The fourth-order valence-electron chi connectivity index (χ4n) is 4.36. The van der Waals surface area contributed by atoms with Crippen molar-refractivity contribution in [3.63, 3.8) is 0 Å². The Balaban J connectivity index is 1.75. The van der Waals surface area contributed by atoms with Crippen molar-refractivity contribution in [1.29, 1.82) is 0 Å². The molecule has 0 aromatic heterocycles. The summed E-state index contributed by atoms with van der Waals surface area (Å²) in [7, 11) is 2.28. The molecule has 2 nitrogen and oxygen atoms in total. The predicted octanol–water partition coefficient (Wildman–Crippen LogP) is 5.39. The van der Waals surface area contributed by atoms with Crippen molar-refractivity contribution in [2.24, 2.45) is 0 Å². The number of hydrogen-bond donors (Lipinski definition) is 0. The standard InChI is InChI=1S/C19H28Cl2N2/c1-14(15-9-10-16(20)17(21)13-15)22(2)18-7-3-4-8-19(18)23-11-5-6-12-23/h9-10,13-14,18-19H,3-8,11-12H2,1-2H3. The van der Waals surface area contributed by atoms with E-state index in [1.807, 2.05) is 12.1 Å². The topological polar surface area (TPSA) is 6.48 Å². The van der Waals surface area contributed by atoms with Crippen LogP contribution in [0.2, 0.25) is 10.0 Å². The normalized spacial score (nSPS) is 27.5. The van der Waals surface area contributed by atoms with Gasteiger partial charge in [0.15, 0.2) is 0 Å². The molecule has 1 heterocycles. The van der Waals surface area contributed by atoms with E-state index in [2.05, 4.69) is 29.8 Å². The van der Waals surface area contributed by atoms with Gasteiger partial charge in [-0.25, -0.2) is 0 Å². The number of benzene rings is 1. The number of likely N-dealkylation sites (N-methyl/N-ethyl adjacent to an activating group) is 1. The van der Waals surface area contributed by atoms with Crippen LogP contribution >= 0.6 is 23.2 Å². The SMILES string of the molecule is CC(c1ccc(Cl)c(Cl)c1)N(C)C1CCCCC1N1CCCC1. The van der Waals surface area contributed by atoms with E-state index in [1.165, 1.54) is 57.2 Å². The zero-order valence-electron chi connectivity index (χ0n) is 14.3. The summed E-state index contributed by atoms with van der Waals surface area (Å²) in [4.78, 5) is 5.31. The minimum atomic E-state index is 0.359. The highest BCUT2D eigenvalue weighted by Gasteiger charge is 2.35. The van der Waals surface area contributed by atoms with Gasteiger partial charge in [-0.05, 0) is 70.4 Å². The second kappa shape index (κ2) is 7.74. The summed E-state index contributed by atoms with van der Waals surface area (Å²) in [6.45, 7) is 4.86. The fraction of sp³-hybridized carbons (Fsp3) is 0.684. The molecule has 2 aliphatic rings. The molecule has 0 N–H and O–H groups in total. The molecule has 1 aromatic carbocycles. The molecule has 1 aromatic rings. The van der Waals surface area contributed by atoms with Crippen LogP contribution in [0.25, 0.3) is 0 Å². The van der Waals surface area contributed by atoms with Gasteiger partial charge >= 0.3 is 0 Å². The second-order valence-corrected chi connectivity index (χ2v) is 7.99. The molecule has 3 rings (SSSR count). The summed E-state index contributed by atoms with van der Waals surface area (Å²) in [5, 5.41) is 1.29. The number of hydrogen-bond acceptors (Lipinski definition) is 2. The Morgan fingerprint density at radius 1 is 1.04 bits per heavy atom. The highest BCUT2D eigenvalue weighted by Crippen LogP contribution is 2.34. The number of rotatable bonds is 4. The molecule has 1 aliphatic heterocycles. The molecule has 23 heavy (non-hydrogen) atoms. The summed E-state index contributed by atoms with van der Waals surface area (Å²) in [5.41, 5.74) is 1.26. The van der Waals surface area contributed by atoms with Gasteiger partial charge in [0.1, 0.15) is 0 Å². The van der Waals surface area contributed by atoms with Gasteiger partial charge in [-0.2, -0.15) is 0 Å². The van der Waals surface area contributed by atoms with Crippen molar-refractivity contribution in [2.75, 3.05) is 20.1 Å². The summed E-state index contributed by atoms with van der Waals surface area (Å²) in [5.74, 6) is 0. The summed E-state index contributed by atoms with van der Waals surface area (Å²) < 4.78 is 0. The van der Waals surface area contributed by atoms with Gasteiger partial charge in [0.2, 0.25) is 0 Å². The van der Waals surface area contributed by atoms with Gasteiger partial charge in [-0.3, -0.25) is 9.80 Å². The Morgan fingerprint density at radius 3 is 2.43 bits per heavy atom. The fourth-order valence-corrected chi connectivity index (χ4v) is 4.67. The van der Waals surface area contributed by atoms with Crippen molar-refractivity contribution in [3.8, 4) is 0 Å². The van der Waals surface area contributed by atoms with Gasteiger partial charge < -0.3 is 0 Å². The molecule has 0 amide bonds. The zero-order valence-corrected chi connectivity index (χ0v) is 15.8. The second-order valence-electron chi connectivity index (χ2n) is 7.18. The number of halogens is 2. The van der Waals surface area contributed by atoms with Crippen molar-refractivity contribution < 1.29 is 0 Å². The minimum absolute atomic E-state index is 0.359. The molecule has 3 atom stereocenters. The van der Waals surface area contributed by atoms with Crippen LogP contribution in [0.4, 0.5) is 0 Å². The molecule has 2 fully saturated rings. The van der Waals surface area contributed by atoms with Gasteiger partial charge in [-0.15, -0.1) is 0 Å². The summed E-state index contributed by atoms with van der Waals surface area (Å²) in [6, 6.07) is 7.79. The Kier molecular flexibility index (Phi) is 5.90. The number of likely N-dealkylation sites (tertiary alicyclic amines) is 1. The van der Waals surface area contributed by atoms with Crippen LogP contribution in [0.15, 0.2) is 18.2 Å². The van der Waals surface area contributed by atoms with Crippen molar-refractivity contribution in [2.45, 2.75) is 63.6 Å². The Morgan fingerprint density at radius 2 is 1.74 bits per heavy atom. The lowest BCUT2D eigenvalue weighted by molar-refractivity contribution is 0.0549. The molecule has 0 spiro atoms. The highest BCUT2D eigenvalue weighted by atomic mass is 35.5. The van der Waals surface area contributed by atoms with Crippen molar-refractivity contribution >= 4 is 23.2 Å². The third kappa shape index (κ3) is 3.87. The molecule has 4 heteroatoms. The smallest absolute Gasteiger partial charge is 0.0595 e. The predicted molar refractivity (Wildman–Crippen MR) is 99.5 cm³/mol. The van der Waals surface area contributed by atoms with Crippen LogP contribution in [0, 0.1) is 0 Å². The molecule has 1 saturated heterocycles. The van der Waals surface area contributed by atoms with E-state index in [0.29, 0.717) is 22.1 Å². The van der Waals surface area contributed by atoms with E-state index in [1.54, 1.807) is 0 Å². The van der Waals surface area contributed by atoms with Crippen molar-refractivity contribution in [1.82, 2.24) is 9.80 Å². The Hall–Kier alpha value is -0.280. The maximum Gasteiger partial charge on any atom is 0.0595 e. The zero-order chi connectivity index (χ0) is 16.4. The largest absolute Gasteiger partial charge is 0.299 e. The summed E-state index contributed by atoms with van der Waals surface area (Å²) >= 11 is 12.3. The quantitative estimate of drug-likeness (QED) is 0.714. The lowest BCUT2D eigenvalue weighted by Crippen LogP contribution is -2.52. The molecule has 3 unspecified atom stereocenters. The van der Waals surface area contributed by atoms with Crippen molar-refractivity contribution in [3.05, 3.63) is 33.8 Å². The first kappa shape index (κ1) is 17.5. The first-order valence-corrected chi connectivity index (χ1v) is 9.74. The molecular formula is C19H28Cl2N2. The van der Waals surface area contributed by atoms with E-state index in [4.69, 9.17) is 23.2 Å². The van der Waals surface area contributed by atoms with Crippen LogP contribution in [0.5, 0.6) is 0 Å². The molecule has 128 valence electrons. The molecule has 1 aliphatic carbocycles. The van der Waals surface area contributed by atoms with Gasteiger partial charge in [-0.1, -0.05) is 42.1 Å². The Labute approximate surface area is 150 Å². The van der Waals surface area contributed by atoms with Crippen LogP contribution in [0.3, 0.4) is 0 Å². The molecular weight excluding hydrogens is 327 g/mol. The number of nitrogens with zero attached hydrogens (tertiary/aromatic N) is 2. The molecule has 0 bridgehead atoms. The van der Waals surface area contributed by atoms with E-state index >= 15 is 0 Å². The lowest BCUT2D eigenvalue weighted by atomic mass is 9.87. The van der Waals surface area contributed by atoms with Crippen LogP contribution in [-0.4, -0.2) is 42.0 Å². The summed E-state index contributed by atoms with van der Waals surface area (Å²) in [6.07, 6.45) is 8.14. The highest BCUT2D eigenvalue weighted by molar-refractivity contribution is 6.42. The monoisotopic (exact) mass is 354 g/mol. The van der Waals surface area contributed by atoms with Crippen LogP contribution in [-0.2, 0) is 0 Å². The molecule has 1 saturated carbocycles. The van der Waals surface area contributed by atoms with Crippen LogP contribution < -0.4 is 0 Å². The Bertz CT molecular complexity index is 528.